The van der Waals surface area contributed by atoms with E-state index in [1.54, 1.807) is 18.2 Å². The highest BCUT2D eigenvalue weighted by atomic mass is 35.5. The van der Waals surface area contributed by atoms with E-state index in [1.165, 1.54) is 29.2 Å². The van der Waals surface area contributed by atoms with Crippen molar-refractivity contribution in [1.82, 2.24) is 4.90 Å². The topological polar surface area (TPSA) is 49.4 Å². The Morgan fingerprint density at radius 3 is 2.57 bits per heavy atom. The van der Waals surface area contributed by atoms with Crippen LogP contribution in [-0.2, 0) is 4.79 Å². The molecule has 1 aliphatic rings. The Hall–Kier alpha value is -3.18. The summed E-state index contributed by atoms with van der Waals surface area (Å²) in [7, 11) is 0. The van der Waals surface area contributed by atoms with Gasteiger partial charge in [-0.05, 0) is 42.0 Å². The van der Waals surface area contributed by atoms with E-state index in [9.17, 15) is 14.0 Å². The Morgan fingerprint density at radius 2 is 1.82 bits per heavy atom. The normalized spacial score (nSPS) is 16.1. The lowest BCUT2D eigenvalue weighted by Gasteiger charge is -2.30. The molecule has 3 aromatic carbocycles. The molecule has 28 heavy (non-hydrogen) atoms. The maximum absolute atomic E-state index is 13.7. The van der Waals surface area contributed by atoms with E-state index in [4.69, 9.17) is 11.6 Å². The maximum atomic E-state index is 13.7. The van der Waals surface area contributed by atoms with Gasteiger partial charge < -0.3 is 10.2 Å². The highest BCUT2D eigenvalue weighted by molar-refractivity contribution is 6.30. The Labute approximate surface area is 166 Å². The molecule has 140 valence electrons. The second kappa shape index (κ2) is 7.44. The summed E-state index contributed by atoms with van der Waals surface area (Å²) in [5, 5.41) is 3.33. The highest BCUT2D eigenvalue weighted by Gasteiger charge is 2.34. The van der Waals surface area contributed by atoms with Gasteiger partial charge in [0.2, 0.25) is 5.91 Å². The number of rotatable bonds is 2. The van der Waals surface area contributed by atoms with Crippen LogP contribution in [0.5, 0.6) is 0 Å². The van der Waals surface area contributed by atoms with Gasteiger partial charge in [-0.25, -0.2) is 4.39 Å². The lowest BCUT2D eigenvalue weighted by molar-refractivity contribution is -0.117. The quantitative estimate of drug-likeness (QED) is 0.687. The van der Waals surface area contributed by atoms with Crippen LogP contribution in [-0.4, -0.2) is 23.3 Å². The third-order valence-corrected chi connectivity index (χ3v) is 4.89. The number of fused-ring (bicyclic) bond motifs is 1. The number of hydrogen-bond acceptors (Lipinski definition) is 2. The molecule has 3 aromatic rings. The molecule has 6 heteroatoms. The average Bonchev–Trinajstić information content (AvgIpc) is 2.83. The second-order valence-electron chi connectivity index (χ2n) is 6.54. The van der Waals surface area contributed by atoms with Crippen molar-refractivity contribution >= 4 is 29.1 Å². The predicted octanol–water partition coefficient (Wildman–Crippen LogP) is 4.66. The van der Waals surface area contributed by atoms with Crippen molar-refractivity contribution in [2.24, 2.45) is 0 Å². The average molecular weight is 395 g/mol. The largest absolute Gasteiger partial charge is 0.324 e. The zero-order valence-corrected chi connectivity index (χ0v) is 15.5. The van der Waals surface area contributed by atoms with Crippen molar-refractivity contribution in [3.05, 3.63) is 100 Å². The molecule has 0 aromatic heterocycles. The van der Waals surface area contributed by atoms with E-state index in [0.29, 0.717) is 16.3 Å². The Morgan fingerprint density at radius 1 is 1.04 bits per heavy atom. The smallest absolute Gasteiger partial charge is 0.255 e. The summed E-state index contributed by atoms with van der Waals surface area (Å²) in [4.78, 5) is 27.2. The molecule has 4 rings (SSSR count). The number of anilines is 1. The van der Waals surface area contributed by atoms with E-state index in [-0.39, 0.29) is 18.0 Å². The van der Waals surface area contributed by atoms with Crippen molar-refractivity contribution in [2.45, 2.75) is 6.04 Å². The third kappa shape index (κ3) is 3.49. The van der Waals surface area contributed by atoms with Gasteiger partial charge in [0.1, 0.15) is 12.4 Å². The zero-order valence-electron chi connectivity index (χ0n) is 14.7. The molecule has 0 radical (unpaired) electrons. The highest BCUT2D eigenvalue weighted by Crippen LogP contribution is 2.37. The van der Waals surface area contributed by atoms with E-state index in [0.717, 1.165) is 5.56 Å². The van der Waals surface area contributed by atoms with E-state index in [2.05, 4.69) is 5.32 Å². The van der Waals surface area contributed by atoms with Gasteiger partial charge in [-0.1, -0.05) is 48.0 Å². The first-order valence-electron chi connectivity index (χ1n) is 8.74. The molecule has 0 aliphatic carbocycles. The van der Waals surface area contributed by atoms with Gasteiger partial charge in [0.05, 0.1) is 6.04 Å². The van der Waals surface area contributed by atoms with Crippen molar-refractivity contribution in [2.75, 3.05) is 11.9 Å². The Kier molecular flexibility index (Phi) is 4.84. The molecule has 0 saturated carbocycles. The van der Waals surface area contributed by atoms with Crippen molar-refractivity contribution in [3.63, 3.8) is 0 Å². The predicted molar refractivity (Wildman–Crippen MR) is 106 cm³/mol. The summed E-state index contributed by atoms with van der Waals surface area (Å²) in [6.07, 6.45) is 0. The fraction of sp³-hybridized carbons (Fsp3) is 0.0909. The van der Waals surface area contributed by atoms with Gasteiger partial charge in [0.25, 0.3) is 5.91 Å². The zero-order chi connectivity index (χ0) is 19.7. The first-order valence-corrected chi connectivity index (χ1v) is 9.11. The van der Waals surface area contributed by atoms with Gasteiger partial charge in [-0.3, -0.25) is 9.59 Å². The van der Waals surface area contributed by atoms with Crippen LogP contribution in [0.15, 0.2) is 72.8 Å². The van der Waals surface area contributed by atoms with Crippen LogP contribution in [0.2, 0.25) is 5.02 Å². The van der Waals surface area contributed by atoms with Crippen LogP contribution in [0.1, 0.15) is 27.5 Å². The number of nitrogens with zero attached hydrogens (tertiary/aromatic N) is 1. The summed E-state index contributed by atoms with van der Waals surface area (Å²) in [5.74, 6) is -1.27. The van der Waals surface area contributed by atoms with E-state index in [1.807, 2.05) is 30.3 Å². The number of halogens is 2. The monoisotopic (exact) mass is 394 g/mol. The number of nitrogens with one attached hydrogen (secondary N) is 1. The molecule has 0 spiro atoms. The van der Waals surface area contributed by atoms with Gasteiger partial charge in [-0.2, -0.15) is 0 Å². The standard InChI is InChI=1S/C22H16ClFN2O2/c23-16-9-10-19-18(12-16)21(14-5-2-1-3-6-14)26(13-20(27)25-19)22(28)15-7-4-8-17(24)11-15/h1-12,21H,13H2,(H,25,27)/t21-/m1/s1. The summed E-state index contributed by atoms with van der Waals surface area (Å²) in [6.45, 7) is -0.165. The summed E-state index contributed by atoms with van der Waals surface area (Å²) in [6, 6.07) is 19.4. The molecule has 0 bridgehead atoms. The molecule has 0 saturated heterocycles. The summed E-state index contributed by atoms with van der Waals surface area (Å²) in [5.41, 5.74) is 2.30. The van der Waals surface area contributed by atoms with Crippen molar-refractivity contribution in [3.8, 4) is 0 Å². The van der Waals surface area contributed by atoms with Crippen LogP contribution < -0.4 is 5.32 Å². The van der Waals surface area contributed by atoms with E-state index < -0.39 is 17.8 Å². The number of carbonyl (C=O) groups is 2. The van der Waals surface area contributed by atoms with Crippen molar-refractivity contribution < 1.29 is 14.0 Å². The SMILES string of the molecule is O=C1CN(C(=O)c2cccc(F)c2)[C@H](c2ccccc2)c2cc(Cl)ccc2N1. The van der Waals surface area contributed by atoms with Crippen molar-refractivity contribution in [1.29, 1.82) is 0 Å². The molecular weight excluding hydrogens is 379 g/mol. The molecule has 0 fully saturated rings. The molecule has 1 aliphatic heterocycles. The van der Waals surface area contributed by atoms with E-state index >= 15 is 0 Å². The van der Waals surface area contributed by atoms with Crippen LogP contribution in [0, 0.1) is 5.82 Å². The van der Waals surface area contributed by atoms with Crippen LogP contribution in [0.25, 0.3) is 0 Å². The number of amides is 2. The first-order chi connectivity index (χ1) is 13.5. The van der Waals surface area contributed by atoms with Crippen LogP contribution in [0.3, 0.4) is 0 Å². The lowest BCUT2D eigenvalue weighted by Crippen LogP contribution is -2.39. The molecule has 1 atom stereocenters. The fourth-order valence-corrected chi connectivity index (χ4v) is 3.63. The van der Waals surface area contributed by atoms with Crippen LogP contribution in [0.4, 0.5) is 10.1 Å². The second-order valence-corrected chi connectivity index (χ2v) is 6.97. The first kappa shape index (κ1) is 18.2. The number of hydrogen-bond donors (Lipinski definition) is 1. The number of carbonyl (C=O) groups excluding carboxylic acids is 2. The fourth-order valence-electron chi connectivity index (χ4n) is 3.45. The molecule has 1 N–H and O–H groups in total. The minimum absolute atomic E-state index is 0.165. The summed E-state index contributed by atoms with van der Waals surface area (Å²) >= 11 is 6.22. The van der Waals surface area contributed by atoms with Gasteiger partial charge in [0, 0.05) is 21.8 Å². The molecular formula is C22H16ClFN2O2. The van der Waals surface area contributed by atoms with Crippen LogP contribution >= 0.6 is 11.6 Å². The molecule has 4 nitrogen and oxygen atoms in total. The minimum Gasteiger partial charge on any atom is -0.324 e. The number of benzene rings is 3. The molecule has 0 unspecified atom stereocenters. The summed E-state index contributed by atoms with van der Waals surface area (Å²) < 4.78 is 13.7. The molecule has 1 heterocycles. The third-order valence-electron chi connectivity index (χ3n) is 4.66. The van der Waals surface area contributed by atoms with Gasteiger partial charge in [-0.15, -0.1) is 0 Å². The maximum Gasteiger partial charge on any atom is 0.255 e. The van der Waals surface area contributed by atoms with Gasteiger partial charge in [0.15, 0.2) is 0 Å². The Balaban J connectivity index is 1.89. The lowest BCUT2D eigenvalue weighted by atomic mass is 9.95. The molecule has 2 amide bonds. The Bertz CT molecular complexity index is 1060. The minimum atomic E-state index is -0.551. The van der Waals surface area contributed by atoms with Gasteiger partial charge >= 0.3 is 0 Å².